The van der Waals surface area contributed by atoms with Crippen LogP contribution in [0.15, 0.2) is 64.3 Å². The maximum atomic E-state index is 13.8. The Morgan fingerprint density at radius 3 is 2.53 bits per heavy atom. The lowest BCUT2D eigenvalue weighted by Crippen LogP contribution is -2.41. The van der Waals surface area contributed by atoms with Gasteiger partial charge < -0.3 is 0 Å². The maximum Gasteiger partial charge on any atom is 0.257 e. The van der Waals surface area contributed by atoms with Crippen molar-refractivity contribution in [3.05, 3.63) is 81.9 Å². The van der Waals surface area contributed by atoms with E-state index in [0.717, 1.165) is 48.5 Å². The molecular formula is C26H28N2OS. The van der Waals surface area contributed by atoms with Crippen molar-refractivity contribution in [2.24, 2.45) is 0 Å². The molecule has 0 atom stereocenters. The molecular weight excluding hydrogens is 388 g/mol. The molecule has 3 nitrogen and oxygen atoms in total. The number of nitrogens with zero attached hydrogens (tertiary/aromatic N) is 2. The minimum absolute atomic E-state index is 0.0119. The summed E-state index contributed by atoms with van der Waals surface area (Å²) in [6.07, 6.45) is 6.42. The van der Waals surface area contributed by atoms with Gasteiger partial charge in [-0.1, -0.05) is 55.3 Å². The van der Waals surface area contributed by atoms with E-state index in [4.69, 9.17) is 4.98 Å². The van der Waals surface area contributed by atoms with Crippen LogP contribution in [0.5, 0.6) is 0 Å². The number of fused-ring (bicyclic) bond motifs is 4. The Kier molecular flexibility index (Phi) is 5.28. The van der Waals surface area contributed by atoms with E-state index in [-0.39, 0.29) is 11.0 Å². The van der Waals surface area contributed by atoms with Crippen LogP contribution in [0.3, 0.4) is 0 Å². The second-order valence-corrected chi connectivity index (χ2v) is 9.70. The van der Waals surface area contributed by atoms with Crippen molar-refractivity contribution in [2.45, 2.75) is 62.3 Å². The molecule has 0 radical (unpaired) electrons. The fraction of sp³-hybridized carbons (Fsp3) is 0.385. The van der Waals surface area contributed by atoms with Crippen LogP contribution in [-0.4, -0.2) is 15.3 Å². The first-order valence-corrected chi connectivity index (χ1v) is 12.1. The van der Waals surface area contributed by atoms with Gasteiger partial charge in [-0.15, -0.1) is 11.8 Å². The van der Waals surface area contributed by atoms with Gasteiger partial charge in [0, 0.05) is 34.6 Å². The van der Waals surface area contributed by atoms with Gasteiger partial charge in [0.15, 0.2) is 0 Å². The average Bonchev–Trinajstić information content (AvgIpc) is 3.23. The molecule has 2 aliphatic rings. The molecule has 0 unspecified atom stereocenters. The SMILES string of the molecule is CCn1c(CCSc2ccccc2)nc2c(c1=O)C1(CCCC1)Cc1ccccc1-2. The fourth-order valence-electron chi connectivity index (χ4n) is 5.40. The van der Waals surface area contributed by atoms with Crippen LogP contribution in [0.1, 0.15) is 49.6 Å². The summed E-state index contributed by atoms with van der Waals surface area (Å²) >= 11 is 1.83. The van der Waals surface area contributed by atoms with Crippen molar-refractivity contribution in [3.8, 4) is 11.3 Å². The van der Waals surface area contributed by atoms with Gasteiger partial charge in [0.05, 0.1) is 11.3 Å². The first-order valence-electron chi connectivity index (χ1n) is 11.1. The van der Waals surface area contributed by atoms with Gasteiger partial charge in [-0.2, -0.15) is 0 Å². The van der Waals surface area contributed by atoms with Crippen molar-refractivity contribution in [1.29, 1.82) is 0 Å². The van der Waals surface area contributed by atoms with Gasteiger partial charge in [-0.25, -0.2) is 4.98 Å². The molecule has 4 heteroatoms. The van der Waals surface area contributed by atoms with Crippen LogP contribution in [0.25, 0.3) is 11.3 Å². The Labute approximate surface area is 182 Å². The summed E-state index contributed by atoms with van der Waals surface area (Å²) in [6, 6.07) is 19.0. The second kappa shape index (κ2) is 8.07. The van der Waals surface area contributed by atoms with E-state index in [9.17, 15) is 4.79 Å². The Hall–Kier alpha value is -2.33. The standard InChI is InChI=1S/C26H28N2OS/c1-2-28-22(14-17-30-20-11-4-3-5-12-20)27-24-21-13-7-6-10-19(21)18-26(15-8-9-16-26)23(24)25(28)29/h3-7,10-13H,2,8-9,14-18H2,1H3. The molecule has 0 amide bonds. The second-order valence-electron chi connectivity index (χ2n) is 8.53. The summed E-state index contributed by atoms with van der Waals surface area (Å²) in [6.45, 7) is 2.75. The lowest BCUT2D eigenvalue weighted by atomic mass is 9.68. The Morgan fingerprint density at radius 1 is 1.03 bits per heavy atom. The number of thioether (sulfide) groups is 1. The molecule has 154 valence electrons. The van der Waals surface area contributed by atoms with Crippen LogP contribution in [-0.2, 0) is 24.8 Å². The molecule has 1 fully saturated rings. The van der Waals surface area contributed by atoms with Crippen LogP contribution in [0, 0.1) is 0 Å². The number of aromatic nitrogens is 2. The van der Waals surface area contributed by atoms with Crippen molar-refractivity contribution >= 4 is 11.8 Å². The molecule has 5 rings (SSSR count). The van der Waals surface area contributed by atoms with Crippen molar-refractivity contribution in [2.75, 3.05) is 5.75 Å². The zero-order valence-electron chi connectivity index (χ0n) is 17.6. The maximum absolute atomic E-state index is 13.8. The zero-order chi connectivity index (χ0) is 20.6. The highest BCUT2D eigenvalue weighted by Gasteiger charge is 2.44. The molecule has 0 aliphatic heterocycles. The first kappa shape index (κ1) is 19.6. The lowest BCUT2D eigenvalue weighted by Gasteiger charge is -2.36. The highest BCUT2D eigenvalue weighted by molar-refractivity contribution is 7.99. The van der Waals surface area contributed by atoms with E-state index in [1.807, 2.05) is 22.4 Å². The Morgan fingerprint density at radius 2 is 1.77 bits per heavy atom. The van der Waals surface area contributed by atoms with Crippen molar-refractivity contribution < 1.29 is 0 Å². The summed E-state index contributed by atoms with van der Waals surface area (Å²) in [4.78, 5) is 20.2. The third kappa shape index (κ3) is 3.31. The smallest absolute Gasteiger partial charge is 0.257 e. The van der Waals surface area contributed by atoms with Gasteiger partial charge in [-0.3, -0.25) is 9.36 Å². The fourth-order valence-corrected chi connectivity index (χ4v) is 6.27. The predicted octanol–water partition coefficient (Wildman–Crippen LogP) is 5.63. The first-order chi connectivity index (χ1) is 14.7. The average molecular weight is 417 g/mol. The highest BCUT2D eigenvalue weighted by atomic mass is 32.2. The molecule has 1 saturated carbocycles. The van der Waals surface area contributed by atoms with Crippen LogP contribution >= 0.6 is 11.8 Å². The largest absolute Gasteiger partial charge is 0.297 e. The summed E-state index contributed by atoms with van der Waals surface area (Å²) < 4.78 is 1.94. The normalized spacial score (nSPS) is 16.4. The molecule has 1 aromatic heterocycles. The van der Waals surface area contributed by atoms with Crippen molar-refractivity contribution in [1.82, 2.24) is 9.55 Å². The van der Waals surface area contributed by atoms with E-state index in [1.165, 1.54) is 28.9 Å². The summed E-state index contributed by atoms with van der Waals surface area (Å²) in [5, 5.41) is 0. The van der Waals surface area contributed by atoms with E-state index >= 15 is 0 Å². The molecule has 1 spiro atoms. The number of rotatable bonds is 5. The van der Waals surface area contributed by atoms with Gasteiger partial charge in [0.1, 0.15) is 5.82 Å². The zero-order valence-corrected chi connectivity index (χ0v) is 18.4. The molecule has 2 aliphatic carbocycles. The van der Waals surface area contributed by atoms with Crippen LogP contribution < -0.4 is 5.56 Å². The van der Waals surface area contributed by atoms with Gasteiger partial charge in [0.25, 0.3) is 5.56 Å². The van der Waals surface area contributed by atoms with E-state index in [2.05, 4.69) is 55.5 Å². The minimum atomic E-state index is -0.0119. The topological polar surface area (TPSA) is 34.9 Å². The van der Waals surface area contributed by atoms with Crippen molar-refractivity contribution in [3.63, 3.8) is 0 Å². The van der Waals surface area contributed by atoms with Gasteiger partial charge in [0.2, 0.25) is 0 Å². The molecule has 0 bridgehead atoms. The molecule has 0 N–H and O–H groups in total. The number of benzene rings is 2. The number of hydrogen-bond donors (Lipinski definition) is 0. The summed E-state index contributed by atoms with van der Waals surface area (Å²) in [5.41, 5.74) is 4.69. The molecule has 1 heterocycles. The minimum Gasteiger partial charge on any atom is -0.297 e. The third-order valence-electron chi connectivity index (χ3n) is 6.79. The highest BCUT2D eigenvalue weighted by Crippen LogP contribution is 2.49. The molecule has 30 heavy (non-hydrogen) atoms. The molecule has 2 aromatic carbocycles. The quantitative estimate of drug-likeness (QED) is 0.505. The monoisotopic (exact) mass is 416 g/mol. The van der Waals surface area contributed by atoms with E-state index in [1.54, 1.807) is 0 Å². The van der Waals surface area contributed by atoms with E-state index < -0.39 is 0 Å². The Bertz CT molecular complexity index is 1110. The van der Waals surface area contributed by atoms with Gasteiger partial charge in [-0.05, 0) is 43.9 Å². The molecule has 0 saturated heterocycles. The summed E-state index contributed by atoms with van der Waals surface area (Å²) in [5.74, 6) is 1.84. The van der Waals surface area contributed by atoms with Crippen LogP contribution in [0.2, 0.25) is 0 Å². The molecule has 3 aromatic rings. The third-order valence-corrected chi connectivity index (χ3v) is 7.81. The number of aryl methyl sites for hydroxylation is 1. The van der Waals surface area contributed by atoms with Crippen LogP contribution in [0.4, 0.5) is 0 Å². The van der Waals surface area contributed by atoms with E-state index in [0.29, 0.717) is 6.54 Å². The lowest BCUT2D eigenvalue weighted by molar-refractivity contribution is 0.419. The van der Waals surface area contributed by atoms with Gasteiger partial charge >= 0.3 is 0 Å². The number of hydrogen-bond acceptors (Lipinski definition) is 3. The summed E-state index contributed by atoms with van der Waals surface area (Å²) in [7, 11) is 0. The predicted molar refractivity (Wildman–Crippen MR) is 124 cm³/mol. The Balaban J connectivity index is 1.58.